The number of nitriles is 1. The van der Waals surface area contributed by atoms with Gasteiger partial charge in [-0.3, -0.25) is 4.79 Å². The average molecular weight is 194 g/mol. The van der Waals surface area contributed by atoms with Crippen molar-refractivity contribution in [2.45, 2.75) is 19.4 Å². The number of fused-ring (bicyclic) bond motifs is 1. The van der Waals surface area contributed by atoms with Gasteiger partial charge in [0, 0.05) is 12.0 Å². The van der Waals surface area contributed by atoms with E-state index < -0.39 is 0 Å². The zero-order valence-electron chi connectivity index (χ0n) is 8.19. The molecule has 1 saturated heterocycles. The van der Waals surface area contributed by atoms with Crippen LogP contribution in [0.4, 0.5) is 0 Å². The van der Waals surface area contributed by atoms with Crippen molar-refractivity contribution < 1.29 is 9.53 Å². The molecule has 14 heavy (non-hydrogen) atoms. The zero-order chi connectivity index (χ0) is 10.1. The van der Waals surface area contributed by atoms with Crippen molar-refractivity contribution >= 4 is 5.91 Å². The fourth-order valence-electron chi connectivity index (χ4n) is 2.16. The van der Waals surface area contributed by atoms with Crippen LogP contribution in [0.5, 0.6) is 0 Å². The molecule has 0 aromatic carbocycles. The molecular formula is C10H14N2O2. The zero-order valence-corrected chi connectivity index (χ0v) is 8.19. The van der Waals surface area contributed by atoms with Crippen molar-refractivity contribution in [3.63, 3.8) is 0 Å². The lowest BCUT2D eigenvalue weighted by atomic mass is 10.2. The first-order valence-electron chi connectivity index (χ1n) is 4.99. The molecule has 4 nitrogen and oxygen atoms in total. The number of nitrogens with one attached hydrogen (secondary N) is 1. The van der Waals surface area contributed by atoms with Gasteiger partial charge in [0.05, 0.1) is 25.7 Å². The van der Waals surface area contributed by atoms with Crippen molar-refractivity contribution in [1.29, 1.82) is 5.26 Å². The molecular weight excluding hydrogens is 180 g/mol. The number of carbonyl (C=O) groups is 1. The highest BCUT2D eigenvalue weighted by atomic mass is 16.5. The fourth-order valence-corrected chi connectivity index (χ4v) is 2.16. The van der Waals surface area contributed by atoms with E-state index in [0.29, 0.717) is 18.3 Å². The molecule has 1 N–H and O–H groups in total. The second-order valence-corrected chi connectivity index (χ2v) is 4.16. The number of hydrogen-bond acceptors (Lipinski definition) is 3. The first-order valence-corrected chi connectivity index (χ1v) is 4.99. The average Bonchev–Trinajstić information content (AvgIpc) is 2.61. The fraction of sp³-hybridized carbons (Fsp3) is 0.800. The van der Waals surface area contributed by atoms with Crippen LogP contribution >= 0.6 is 0 Å². The van der Waals surface area contributed by atoms with E-state index in [1.54, 1.807) is 0 Å². The number of ether oxygens (including phenoxy) is 1. The summed E-state index contributed by atoms with van der Waals surface area (Å²) in [5.41, 5.74) is 0. The molecule has 4 heteroatoms. The molecule has 2 aliphatic rings. The highest BCUT2D eigenvalue weighted by Crippen LogP contribution is 2.50. The molecule has 0 aromatic rings. The van der Waals surface area contributed by atoms with Crippen molar-refractivity contribution in [2.24, 2.45) is 17.8 Å². The normalized spacial score (nSPS) is 35.6. The maximum atomic E-state index is 11.6. The molecule has 1 aliphatic carbocycles. The number of carbonyl (C=O) groups excluding carboxylic acids is 1. The standard InChI is InChI=1S/C10H14N2O2/c1-6(2-3-11)12-10(13)9-7-4-14-5-8(7)9/h6-9H,2,4-5H2,1H3,(H,12,13). The number of amides is 1. The molecule has 3 atom stereocenters. The summed E-state index contributed by atoms with van der Waals surface area (Å²) in [4.78, 5) is 11.6. The number of hydrogen-bond donors (Lipinski definition) is 1. The van der Waals surface area contributed by atoms with Crippen LogP contribution in [0.3, 0.4) is 0 Å². The van der Waals surface area contributed by atoms with E-state index in [2.05, 4.69) is 5.32 Å². The van der Waals surface area contributed by atoms with Gasteiger partial charge in [-0.1, -0.05) is 0 Å². The minimum absolute atomic E-state index is 0.0326. The van der Waals surface area contributed by atoms with Crippen molar-refractivity contribution in [3.8, 4) is 6.07 Å². The molecule has 2 rings (SSSR count). The van der Waals surface area contributed by atoms with Crippen LogP contribution < -0.4 is 5.32 Å². The van der Waals surface area contributed by atoms with Crippen LogP contribution in [-0.4, -0.2) is 25.2 Å². The van der Waals surface area contributed by atoms with Gasteiger partial charge in [-0.15, -0.1) is 0 Å². The highest BCUT2D eigenvalue weighted by molar-refractivity contribution is 5.82. The Morgan fingerprint density at radius 3 is 2.86 bits per heavy atom. The molecule has 2 fully saturated rings. The van der Waals surface area contributed by atoms with Crippen LogP contribution in [0.1, 0.15) is 13.3 Å². The van der Waals surface area contributed by atoms with E-state index in [1.807, 2.05) is 13.0 Å². The van der Waals surface area contributed by atoms with E-state index in [0.717, 1.165) is 13.2 Å². The molecule has 0 spiro atoms. The summed E-state index contributed by atoms with van der Waals surface area (Å²) in [5, 5.41) is 11.3. The van der Waals surface area contributed by atoms with Gasteiger partial charge >= 0.3 is 0 Å². The molecule has 0 radical (unpaired) electrons. The van der Waals surface area contributed by atoms with Crippen molar-refractivity contribution in [2.75, 3.05) is 13.2 Å². The van der Waals surface area contributed by atoms with E-state index in [1.165, 1.54) is 0 Å². The number of nitrogens with zero attached hydrogens (tertiary/aromatic N) is 1. The summed E-state index contributed by atoms with van der Waals surface area (Å²) in [6, 6.07) is 2.01. The Kier molecular flexibility index (Phi) is 2.42. The van der Waals surface area contributed by atoms with Gasteiger partial charge in [0.2, 0.25) is 5.91 Å². The smallest absolute Gasteiger partial charge is 0.224 e. The Hall–Kier alpha value is -1.08. The Labute approximate surface area is 83.2 Å². The van der Waals surface area contributed by atoms with Gasteiger partial charge < -0.3 is 10.1 Å². The Bertz CT molecular complexity index is 274. The summed E-state index contributed by atoms with van der Waals surface area (Å²) >= 11 is 0. The van der Waals surface area contributed by atoms with Gasteiger partial charge in [-0.2, -0.15) is 5.26 Å². The highest BCUT2D eigenvalue weighted by Gasteiger charge is 2.57. The third-order valence-corrected chi connectivity index (χ3v) is 3.04. The Morgan fingerprint density at radius 2 is 2.29 bits per heavy atom. The van der Waals surface area contributed by atoms with Gasteiger partial charge in [0.1, 0.15) is 0 Å². The molecule has 0 bridgehead atoms. The molecule has 1 saturated carbocycles. The summed E-state index contributed by atoms with van der Waals surface area (Å²) < 4.78 is 5.21. The summed E-state index contributed by atoms with van der Waals surface area (Å²) in [7, 11) is 0. The molecule has 3 unspecified atom stereocenters. The lowest BCUT2D eigenvalue weighted by molar-refractivity contribution is -0.124. The van der Waals surface area contributed by atoms with Crippen LogP contribution in [0.25, 0.3) is 0 Å². The quantitative estimate of drug-likeness (QED) is 0.702. The van der Waals surface area contributed by atoms with Gasteiger partial charge in [0.25, 0.3) is 0 Å². The van der Waals surface area contributed by atoms with E-state index in [-0.39, 0.29) is 17.9 Å². The predicted octanol–water partition coefficient (Wildman–Crippen LogP) is 0.297. The lowest BCUT2D eigenvalue weighted by Crippen LogP contribution is -2.34. The Balaban J connectivity index is 1.78. The minimum Gasteiger partial charge on any atom is -0.381 e. The van der Waals surface area contributed by atoms with Crippen molar-refractivity contribution in [3.05, 3.63) is 0 Å². The predicted molar refractivity (Wildman–Crippen MR) is 49.1 cm³/mol. The lowest BCUT2D eigenvalue weighted by Gasteiger charge is -2.11. The molecule has 0 aromatic heterocycles. The Morgan fingerprint density at radius 1 is 1.64 bits per heavy atom. The van der Waals surface area contributed by atoms with Gasteiger partial charge in [-0.25, -0.2) is 0 Å². The molecule has 1 aliphatic heterocycles. The van der Waals surface area contributed by atoms with Crippen LogP contribution in [0, 0.1) is 29.1 Å². The first-order chi connectivity index (χ1) is 6.74. The minimum atomic E-state index is -0.0326. The summed E-state index contributed by atoms with van der Waals surface area (Å²) in [6.07, 6.45) is 0.379. The number of rotatable bonds is 3. The van der Waals surface area contributed by atoms with Crippen LogP contribution in [0.2, 0.25) is 0 Å². The second-order valence-electron chi connectivity index (χ2n) is 4.16. The summed E-state index contributed by atoms with van der Waals surface area (Å²) in [5.74, 6) is 1.16. The second kappa shape index (κ2) is 3.58. The first kappa shape index (κ1) is 9.47. The monoisotopic (exact) mass is 194 g/mol. The van der Waals surface area contributed by atoms with Gasteiger partial charge in [0.15, 0.2) is 0 Å². The van der Waals surface area contributed by atoms with Crippen molar-refractivity contribution in [1.82, 2.24) is 5.32 Å². The maximum Gasteiger partial charge on any atom is 0.224 e. The topological polar surface area (TPSA) is 62.1 Å². The third-order valence-electron chi connectivity index (χ3n) is 3.04. The van der Waals surface area contributed by atoms with E-state index >= 15 is 0 Å². The molecule has 76 valence electrons. The molecule has 1 amide bonds. The SMILES string of the molecule is CC(CC#N)NC(=O)C1C2COCC21. The maximum absolute atomic E-state index is 11.6. The van der Waals surface area contributed by atoms with Crippen LogP contribution in [-0.2, 0) is 9.53 Å². The largest absolute Gasteiger partial charge is 0.381 e. The molecule has 1 heterocycles. The summed E-state index contributed by atoms with van der Waals surface area (Å²) in [6.45, 7) is 3.32. The van der Waals surface area contributed by atoms with Gasteiger partial charge in [-0.05, 0) is 18.8 Å². The van der Waals surface area contributed by atoms with E-state index in [4.69, 9.17) is 10.00 Å². The third kappa shape index (κ3) is 1.60. The van der Waals surface area contributed by atoms with Crippen LogP contribution in [0.15, 0.2) is 0 Å². The van der Waals surface area contributed by atoms with E-state index in [9.17, 15) is 4.79 Å².